The predicted octanol–water partition coefficient (Wildman–Crippen LogP) is 8.79. The number of imidazole rings is 1. The minimum atomic E-state index is 1.22. The van der Waals surface area contributed by atoms with E-state index in [0.717, 1.165) is 0 Å². The fraction of sp³-hybridized carbons (Fsp3) is 0.893. The lowest BCUT2D eigenvalue weighted by Gasteiger charge is -2.06. The summed E-state index contributed by atoms with van der Waals surface area (Å²) in [5, 5.41) is 0. The topological polar surface area (TPSA) is 8.81 Å². The Kier molecular flexibility index (Phi) is 18.3. The SMILES string of the molecule is CCCCCCCCCCCCCC[n+]1ccn(CCCCCCCC)c1CCC. The summed E-state index contributed by atoms with van der Waals surface area (Å²) in [5.74, 6) is 1.56. The van der Waals surface area contributed by atoms with Crippen LogP contribution in [-0.4, -0.2) is 4.57 Å². The van der Waals surface area contributed by atoms with Crippen LogP contribution in [0.4, 0.5) is 0 Å². The average Bonchev–Trinajstić information content (AvgIpc) is 3.13. The van der Waals surface area contributed by atoms with Crippen LogP contribution in [0.2, 0.25) is 0 Å². The van der Waals surface area contributed by atoms with Crippen molar-refractivity contribution in [2.24, 2.45) is 0 Å². The zero-order valence-corrected chi connectivity index (χ0v) is 21.1. The number of hydrogen-bond acceptors (Lipinski definition) is 0. The van der Waals surface area contributed by atoms with Crippen molar-refractivity contribution >= 4 is 0 Å². The van der Waals surface area contributed by atoms with Crippen molar-refractivity contribution in [3.63, 3.8) is 0 Å². The highest BCUT2D eigenvalue weighted by Gasteiger charge is 2.15. The van der Waals surface area contributed by atoms with E-state index in [9.17, 15) is 0 Å². The molecule has 0 aliphatic carbocycles. The summed E-state index contributed by atoms with van der Waals surface area (Å²) in [5.41, 5.74) is 0. The van der Waals surface area contributed by atoms with Gasteiger partial charge in [0.1, 0.15) is 12.4 Å². The summed E-state index contributed by atoms with van der Waals surface area (Å²) in [6.45, 7) is 9.35. The standard InChI is InChI=1S/C28H55N2/c1-4-7-9-11-13-14-15-16-17-18-20-22-25-30-27-26-29(28(30)23-6-3)24-21-19-12-10-8-5-2/h26-27H,4-25H2,1-3H3/q+1. The van der Waals surface area contributed by atoms with Crippen molar-refractivity contribution in [1.29, 1.82) is 0 Å². The number of rotatable bonds is 22. The van der Waals surface area contributed by atoms with Crippen LogP contribution in [-0.2, 0) is 19.5 Å². The van der Waals surface area contributed by atoms with E-state index in [-0.39, 0.29) is 0 Å². The number of nitrogens with zero attached hydrogens (tertiary/aromatic N) is 2. The molecule has 0 aromatic carbocycles. The van der Waals surface area contributed by atoms with E-state index < -0.39 is 0 Å². The molecular weight excluding hydrogens is 364 g/mol. The second-order valence-corrected chi connectivity index (χ2v) is 9.51. The summed E-state index contributed by atoms with van der Waals surface area (Å²) in [6.07, 6.45) is 32.7. The van der Waals surface area contributed by atoms with Gasteiger partial charge in [-0.05, 0) is 32.1 Å². The van der Waals surface area contributed by atoms with E-state index in [1.807, 2.05) is 0 Å². The van der Waals surface area contributed by atoms with E-state index in [0.29, 0.717) is 0 Å². The zero-order valence-electron chi connectivity index (χ0n) is 21.1. The van der Waals surface area contributed by atoms with Gasteiger partial charge in [0, 0.05) is 6.42 Å². The summed E-state index contributed by atoms with van der Waals surface area (Å²) in [6, 6.07) is 0. The Bertz CT molecular complexity index is 477. The normalized spacial score (nSPS) is 11.4. The van der Waals surface area contributed by atoms with E-state index in [1.54, 1.807) is 5.82 Å². The van der Waals surface area contributed by atoms with E-state index in [1.165, 1.54) is 142 Å². The van der Waals surface area contributed by atoms with Gasteiger partial charge in [0.15, 0.2) is 0 Å². The van der Waals surface area contributed by atoms with Crippen LogP contribution in [0.15, 0.2) is 12.4 Å². The van der Waals surface area contributed by atoms with E-state index in [2.05, 4.69) is 42.3 Å². The van der Waals surface area contributed by atoms with Gasteiger partial charge in [-0.1, -0.05) is 111 Å². The van der Waals surface area contributed by atoms with Gasteiger partial charge in [0.05, 0.1) is 13.1 Å². The maximum Gasteiger partial charge on any atom is 0.256 e. The van der Waals surface area contributed by atoms with Crippen molar-refractivity contribution in [1.82, 2.24) is 4.57 Å². The first kappa shape index (κ1) is 27.2. The van der Waals surface area contributed by atoms with Crippen LogP contribution in [0.1, 0.15) is 149 Å². The van der Waals surface area contributed by atoms with Gasteiger partial charge in [-0.3, -0.25) is 0 Å². The molecule has 30 heavy (non-hydrogen) atoms. The summed E-state index contributed by atoms with van der Waals surface area (Å²) < 4.78 is 5.10. The maximum absolute atomic E-state index is 2.55. The van der Waals surface area contributed by atoms with Gasteiger partial charge < -0.3 is 0 Å². The molecule has 0 atom stereocenters. The Balaban J connectivity index is 2.12. The largest absolute Gasteiger partial charge is 0.256 e. The summed E-state index contributed by atoms with van der Waals surface area (Å²) >= 11 is 0. The lowest BCUT2D eigenvalue weighted by atomic mass is 10.1. The molecule has 0 saturated heterocycles. The van der Waals surface area contributed by atoms with Crippen LogP contribution >= 0.6 is 0 Å². The lowest BCUT2D eigenvalue weighted by molar-refractivity contribution is -0.704. The first-order valence-corrected chi connectivity index (χ1v) is 13.9. The lowest BCUT2D eigenvalue weighted by Crippen LogP contribution is -2.37. The fourth-order valence-electron chi connectivity index (χ4n) is 4.60. The molecule has 1 heterocycles. The minimum Gasteiger partial charge on any atom is -0.234 e. The molecule has 0 saturated carbocycles. The smallest absolute Gasteiger partial charge is 0.234 e. The van der Waals surface area contributed by atoms with Crippen LogP contribution in [0.3, 0.4) is 0 Å². The van der Waals surface area contributed by atoms with Crippen molar-refractivity contribution in [2.75, 3.05) is 0 Å². The third-order valence-electron chi connectivity index (χ3n) is 6.57. The Morgan fingerprint density at radius 2 is 1.03 bits per heavy atom. The molecule has 0 spiro atoms. The molecule has 0 radical (unpaired) electrons. The third-order valence-corrected chi connectivity index (χ3v) is 6.57. The predicted molar refractivity (Wildman–Crippen MR) is 133 cm³/mol. The molecule has 2 nitrogen and oxygen atoms in total. The summed E-state index contributed by atoms with van der Waals surface area (Å²) in [4.78, 5) is 0. The van der Waals surface area contributed by atoms with Crippen LogP contribution in [0.5, 0.6) is 0 Å². The van der Waals surface area contributed by atoms with Gasteiger partial charge in [0.25, 0.3) is 5.82 Å². The molecule has 1 aromatic heterocycles. The Hall–Kier alpha value is -0.790. The number of aromatic nitrogens is 2. The first-order chi connectivity index (χ1) is 14.8. The molecule has 0 bridgehead atoms. The second-order valence-electron chi connectivity index (χ2n) is 9.51. The van der Waals surface area contributed by atoms with Gasteiger partial charge in [-0.2, -0.15) is 0 Å². The van der Waals surface area contributed by atoms with Gasteiger partial charge in [0.2, 0.25) is 0 Å². The van der Waals surface area contributed by atoms with Crippen molar-refractivity contribution in [2.45, 2.75) is 162 Å². The molecule has 0 N–H and O–H groups in total. The van der Waals surface area contributed by atoms with E-state index >= 15 is 0 Å². The second kappa shape index (κ2) is 20.1. The molecule has 2 heteroatoms. The van der Waals surface area contributed by atoms with Crippen molar-refractivity contribution in [3.8, 4) is 0 Å². The van der Waals surface area contributed by atoms with Crippen LogP contribution in [0, 0.1) is 0 Å². The molecule has 0 aliphatic rings. The average molecular weight is 420 g/mol. The van der Waals surface area contributed by atoms with Gasteiger partial charge in [-0.15, -0.1) is 0 Å². The highest BCUT2D eigenvalue weighted by Crippen LogP contribution is 2.12. The quantitative estimate of drug-likeness (QED) is 0.131. The third kappa shape index (κ3) is 13.5. The highest BCUT2D eigenvalue weighted by molar-refractivity contribution is 4.84. The first-order valence-electron chi connectivity index (χ1n) is 13.9. The Morgan fingerprint density at radius 1 is 0.567 bits per heavy atom. The number of aryl methyl sites for hydroxylation is 2. The molecule has 176 valence electrons. The minimum absolute atomic E-state index is 1.22. The van der Waals surface area contributed by atoms with E-state index in [4.69, 9.17) is 0 Å². The molecule has 0 aliphatic heterocycles. The Morgan fingerprint density at radius 3 is 1.53 bits per heavy atom. The highest BCUT2D eigenvalue weighted by atomic mass is 15.1. The fourth-order valence-corrected chi connectivity index (χ4v) is 4.60. The molecule has 1 aromatic rings. The zero-order chi connectivity index (χ0) is 21.7. The number of hydrogen-bond donors (Lipinski definition) is 0. The maximum atomic E-state index is 2.55. The van der Waals surface area contributed by atoms with Crippen LogP contribution in [0.25, 0.3) is 0 Å². The van der Waals surface area contributed by atoms with Crippen molar-refractivity contribution in [3.05, 3.63) is 18.2 Å². The van der Waals surface area contributed by atoms with Crippen molar-refractivity contribution < 1.29 is 4.57 Å². The van der Waals surface area contributed by atoms with Gasteiger partial charge >= 0.3 is 0 Å². The molecule has 1 rings (SSSR count). The molecule has 0 unspecified atom stereocenters. The monoisotopic (exact) mass is 419 g/mol. The molecule has 0 amide bonds. The van der Waals surface area contributed by atoms with Crippen LogP contribution < -0.4 is 4.57 Å². The molecular formula is C28H55N2+. The van der Waals surface area contributed by atoms with Gasteiger partial charge in [-0.25, -0.2) is 9.13 Å². The molecule has 0 fully saturated rings. The number of unbranched alkanes of at least 4 members (excludes halogenated alkanes) is 16. The Labute approximate surface area is 189 Å². The summed E-state index contributed by atoms with van der Waals surface area (Å²) in [7, 11) is 0.